The lowest BCUT2D eigenvalue weighted by Crippen LogP contribution is -2.29. The predicted molar refractivity (Wildman–Crippen MR) is 162 cm³/mol. The Labute approximate surface area is 252 Å². The average molecular weight is 611 g/mol. The van der Waals surface area contributed by atoms with Crippen molar-refractivity contribution in [2.24, 2.45) is 0 Å². The van der Waals surface area contributed by atoms with E-state index in [4.69, 9.17) is 28.4 Å². The van der Waals surface area contributed by atoms with Crippen LogP contribution in [0.2, 0.25) is 12.1 Å². The van der Waals surface area contributed by atoms with E-state index < -0.39 is 38.7 Å². The third-order valence-corrected chi connectivity index (χ3v) is 7.10. The lowest BCUT2D eigenvalue weighted by Gasteiger charge is -2.28. The number of benzene rings is 2. The van der Waals surface area contributed by atoms with Crippen LogP contribution in [0.5, 0.6) is 11.5 Å². The summed E-state index contributed by atoms with van der Waals surface area (Å²) in [6.45, 7) is 0.455. The number of unbranched alkanes of at least 4 members (excludes halogenated alkanes) is 1. The molecule has 0 aromatic heterocycles. The molecule has 0 amide bonds. The summed E-state index contributed by atoms with van der Waals surface area (Å²) in [5.74, 6) is -0.425. The highest BCUT2D eigenvalue weighted by Crippen LogP contribution is 2.47. The second-order valence-electron chi connectivity index (χ2n) is 9.59. The van der Waals surface area contributed by atoms with Crippen molar-refractivity contribution in [1.82, 2.24) is 0 Å². The van der Waals surface area contributed by atoms with E-state index in [1.54, 1.807) is 12.2 Å². The number of phosphoric acid groups is 1. The van der Waals surface area contributed by atoms with E-state index in [-0.39, 0.29) is 19.0 Å². The van der Waals surface area contributed by atoms with Crippen molar-refractivity contribution in [2.75, 3.05) is 19.8 Å². The van der Waals surface area contributed by atoms with Crippen LogP contribution < -0.4 is 4.74 Å². The lowest BCUT2D eigenvalue weighted by atomic mass is 9.57. The summed E-state index contributed by atoms with van der Waals surface area (Å²) < 4.78 is 38.9. The van der Waals surface area contributed by atoms with E-state index in [2.05, 4.69) is 0 Å². The zero-order valence-corrected chi connectivity index (χ0v) is 24.8. The Morgan fingerprint density at radius 1 is 1.02 bits per heavy atom. The van der Waals surface area contributed by atoms with Gasteiger partial charge in [0.25, 0.3) is 0 Å². The second-order valence-corrected chi connectivity index (χ2v) is 11.0. The summed E-state index contributed by atoms with van der Waals surface area (Å²) in [6, 6.07) is 17.4. The number of rotatable bonds is 19. The summed E-state index contributed by atoms with van der Waals surface area (Å²) >= 11 is 0. The highest BCUT2D eigenvalue weighted by atomic mass is 31.2. The van der Waals surface area contributed by atoms with Crippen molar-refractivity contribution >= 4 is 27.0 Å². The predicted octanol–water partition coefficient (Wildman–Crippen LogP) is 6.28. The van der Waals surface area contributed by atoms with Crippen molar-refractivity contribution in [2.45, 2.75) is 50.5 Å². The third kappa shape index (κ3) is 14.5. The zero-order valence-electron chi connectivity index (χ0n) is 23.9. The molecular formula is C31H37BO10P. The second kappa shape index (κ2) is 18.9. The topological polar surface area (TPSA) is 138 Å². The van der Waals surface area contributed by atoms with Gasteiger partial charge in [-0.15, -0.1) is 0 Å². The maximum Gasteiger partial charge on any atom is 0.472 e. The molecule has 2 aromatic carbocycles. The van der Waals surface area contributed by atoms with Gasteiger partial charge in [0.05, 0.1) is 39.0 Å². The quantitative estimate of drug-likeness (QED) is 0.0466. The number of carbonyl (C=O) groups excluding carboxylic acids is 1. The van der Waals surface area contributed by atoms with Crippen LogP contribution >= 0.6 is 7.82 Å². The number of hydrogen-bond acceptors (Lipinski definition) is 8. The van der Waals surface area contributed by atoms with Gasteiger partial charge in [0.2, 0.25) is 0 Å². The molecule has 0 saturated carbocycles. The minimum Gasteiger partial charge on any atom is -0.481 e. The molecule has 0 fully saturated rings. The standard InChI is InChI=1S/C31H37BO10P/c33-30(34)18-21-40-43(36,37)42-29-16-11-19-32-28(29)24-39-31(35)17-8-3-1-2-4-9-20-38-23-25-12-10-15-27(22-25)41-26-13-6-5-7-14-26/h1-2,4-7,9-16,22,28-29H,3,8,17-21,23-24H2,(H,33,34)(H,36,37)/b2-1-,9-4-/t28-,29?/m1/s1. The molecule has 43 heavy (non-hydrogen) atoms. The zero-order chi connectivity index (χ0) is 30.8. The molecule has 2 aromatic rings. The fraction of sp³-hybridized carbons (Fsp3) is 0.355. The smallest absolute Gasteiger partial charge is 0.472 e. The monoisotopic (exact) mass is 611 g/mol. The van der Waals surface area contributed by atoms with E-state index in [1.165, 1.54) is 0 Å². The number of para-hydroxylation sites is 1. The molecule has 3 rings (SSSR count). The normalized spacial score (nSPS) is 17.9. The van der Waals surface area contributed by atoms with Crippen LogP contribution in [-0.4, -0.2) is 55.1 Å². The fourth-order valence-corrected chi connectivity index (χ4v) is 4.87. The first-order chi connectivity index (χ1) is 20.8. The van der Waals surface area contributed by atoms with Crippen molar-refractivity contribution < 1.29 is 47.4 Å². The molecule has 3 atom stereocenters. The van der Waals surface area contributed by atoms with Crippen LogP contribution in [0, 0.1) is 0 Å². The van der Waals surface area contributed by atoms with Crippen molar-refractivity contribution in [1.29, 1.82) is 0 Å². The Bertz CT molecular complexity index is 1280. The number of esters is 1. The summed E-state index contributed by atoms with van der Waals surface area (Å²) in [5, 5.41) is 8.64. The first-order valence-electron chi connectivity index (χ1n) is 14.0. The Kier molecular flexibility index (Phi) is 15.0. The van der Waals surface area contributed by atoms with E-state index in [9.17, 15) is 19.0 Å². The molecule has 10 nitrogen and oxygen atoms in total. The van der Waals surface area contributed by atoms with E-state index in [0.717, 1.165) is 17.1 Å². The first-order valence-corrected chi connectivity index (χ1v) is 15.5. The maximum absolute atomic E-state index is 12.2. The van der Waals surface area contributed by atoms with Gasteiger partial charge in [0.15, 0.2) is 0 Å². The molecule has 2 unspecified atom stereocenters. The third-order valence-electron chi connectivity index (χ3n) is 6.08. The molecule has 0 bridgehead atoms. The molecule has 1 aliphatic rings. The molecule has 1 aliphatic heterocycles. The highest BCUT2D eigenvalue weighted by Gasteiger charge is 2.32. The maximum atomic E-state index is 12.2. The van der Waals surface area contributed by atoms with Crippen LogP contribution in [0.3, 0.4) is 0 Å². The van der Waals surface area contributed by atoms with E-state index in [0.29, 0.717) is 32.4 Å². The molecule has 229 valence electrons. The van der Waals surface area contributed by atoms with Gasteiger partial charge < -0.3 is 24.2 Å². The lowest BCUT2D eigenvalue weighted by molar-refractivity contribution is -0.144. The van der Waals surface area contributed by atoms with Gasteiger partial charge >= 0.3 is 19.8 Å². The minimum absolute atomic E-state index is 0.00805. The molecule has 2 N–H and O–H groups in total. The van der Waals surface area contributed by atoms with Crippen molar-refractivity contribution in [3.63, 3.8) is 0 Å². The molecule has 12 heteroatoms. The van der Waals surface area contributed by atoms with Crippen LogP contribution in [0.25, 0.3) is 0 Å². The largest absolute Gasteiger partial charge is 0.481 e. The van der Waals surface area contributed by atoms with Gasteiger partial charge in [-0.3, -0.25) is 18.6 Å². The number of hydrogen-bond donors (Lipinski definition) is 2. The number of carboxylic acids is 1. The van der Waals surface area contributed by atoms with Crippen LogP contribution in [-0.2, 0) is 39.3 Å². The van der Waals surface area contributed by atoms with Crippen LogP contribution in [0.1, 0.15) is 31.2 Å². The molecule has 0 aliphatic carbocycles. The summed E-state index contributed by atoms with van der Waals surface area (Å²) in [6.07, 6.45) is 11.9. The van der Waals surface area contributed by atoms with Gasteiger partial charge in [-0.25, -0.2) is 4.57 Å². The van der Waals surface area contributed by atoms with Crippen molar-refractivity contribution in [3.8, 4) is 11.5 Å². The highest BCUT2D eigenvalue weighted by molar-refractivity contribution is 7.47. The Balaban J connectivity index is 1.26. The number of phosphoric ester groups is 1. The molecule has 1 radical (unpaired) electrons. The minimum atomic E-state index is -4.47. The molecular weight excluding hydrogens is 574 g/mol. The van der Waals surface area contributed by atoms with Gasteiger partial charge in [-0.05, 0) is 48.5 Å². The molecule has 0 saturated heterocycles. The van der Waals surface area contributed by atoms with Gasteiger partial charge in [0.1, 0.15) is 18.8 Å². The summed E-state index contributed by atoms with van der Waals surface area (Å²) in [5.41, 5.74) is 1.01. The number of carbonyl (C=O) groups is 2. The molecule has 0 spiro atoms. The SMILES string of the molecule is O=C(O)CCOP(=O)(O)OC1C=CC[B][C@@H]1COC(=O)CCC/C=C\C=C/COCc1cccc(Oc2ccccc2)c1. The number of aliphatic carboxylic acids is 1. The van der Waals surface area contributed by atoms with Gasteiger partial charge in [0, 0.05) is 6.42 Å². The Morgan fingerprint density at radius 2 is 1.81 bits per heavy atom. The van der Waals surface area contributed by atoms with Gasteiger partial charge in [-0.2, -0.15) is 0 Å². The number of allylic oxidation sites excluding steroid dienone is 4. The summed E-state index contributed by atoms with van der Waals surface area (Å²) in [4.78, 5) is 32.6. The average Bonchev–Trinajstić information content (AvgIpc) is 2.98. The van der Waals surface area contributed by atoms with E-state index in [1.807, 2.05) is 86.2 Å². The van der Waals surface area contributed by atoms with Crippen LogP contribution in [0.15, 0.2) is 91.1 Å². The molecule has 1 heterocycles. The Morgan fingerprint density at radius 3 is 2.63 bits per heavy atom. The van der Waals surface area contributed by atoms with Crippen molar-refractivity contribution in [3.05, 3.63) is 96.6 Å². The Hall–Kier alpha value is -3.47. The first kappa shape index (κ1) is 34.0. The summed E-state index contributed by atoms with van der Waals surface area (Å²) in [7, 11) is -2.64. The van der Waals surface area contributed by atoms with Crippen LogP contribution in [0.4, 0.5) is 0 Å². The van der Waals surface area contributed by atoms with E-state index >= 15 is 0 Å². The van der Waals surface area contributed by atoms with Gasteiger partial charge in [-0.1, -0.05) is 73.1 Å². The number of ether oxygens (including phenoxy) is 3. The number of carboxylic acid groups (broad SMARTS) is 1. The fourth-order valence-electron chi connectivity index (χ4n) is 3.95.